The molecule has 0 unspecified atom stereocenters. The van der Waals surface area contributed by atoms with Crippen molar-refractivity contribution in [1.29, 1.82) is 0 Å². The molecule has 0 aromatic heterocycles. The minimum atomic E-state index is -1.23. The van der Waals surface area contributed by atoms with Crippen LogP contribution in [0.25, 0.3) is 0 Å². The molecule has 0 N–H and O–H groups in total. The van der Waals surface area contributed by atoms with Gasteiger partial charge in [0.25, 0.3) is 0 Å². The topological polar surface area (TPSA) is 18.5 Å². The van der Waals surface area contributed by atoms with E-state index in [1.54, 1.807) is 0 Å². The Morgan fingerprint density at radius 1 is 0.900 bits per heavy atom. The van der Waals surface area contributed by atoms with Gasteiger partial charge in [0.2, 0.25) is 0 Å². The Bertz CT molecular complexity index is 60.8. The first-order valence-electron chi connectivity index (χ1n) is 3.25. The van der Waals surface area contributed by atoms with Crippen LogP contribution in [0.4, 0.5) is 0 Å². The predicted octanol–water partition coefficient (Wildman–Crippen LogP) is 1.75. The molecule has 0 aromatic rings. The van der Waals surface area contributed by atoms with Crippen molar-refractivity contribution in [2.24, 2.45) is 0 Å². The van der Waals surface area contributed by atoms with Crippen LogP contribution < -0.4 is 0 Å². The average Bonchev–Trinajstić information content (AvgIpc) is 1.63. The van der Waals surface area contributed by atoms with E-state index in [0.717, 1.165) is 0 Å². The minimum absolute atomic E-state index is 0. The van der Waals surface area contributed by atoms with Gasteiger partial charge < -0.3 is 0 Å². The normalized spacial score (nSPS) is 9.40. The molecule has 10 heavy (non-hydrogen) atoms. The summed E-state index contributed by atoms with van der Waals surface area (Å²) >= 11 is -1.23. The second kappa shape index (κ2) is 9.11. The van der Waals surface area contributed by atoms with E-state index in [0.29, 0.717) is 12.2 Å². The standard InChI is InChI=1S/2C3H7O.Nb.Pr/c2*1-3(2)4;;/h2*3H,1-2H3;;/q2*-1;;+2. The molecule has 0 atom stereocenters. The maximum Gasteiger partial charge on any atom is 0 e. The van der Waals surface area contributed by atoms with Gasteiger partial charge in [-0.3, -0.25) is 0 Å². The molecule has 0 saturated carbocycles. The summed E-state index contributed by atoms with van der Waals surface area (Å²) in [5.74, 6) is 0. The van der Waals surface area contributed by atoms with Crippen LogP contribution in [-0.4, -0.2) is 12.2 Å². The zero-order valence-electron chi connectivity index (χ0n) is 7.00. The Balaban J connectivity index is 0. The monoisotopic (exact) mass is 352 g/mol. The number of rotatable bonds is 4. The summed E-state index contributed by atoms with van der Waals surface area (Å²) in [6.45, 7) is 8.17. The van der Waals surface area contributed by atoms with E-state index in [4.69, 9.17) is 2.02 Å². The SMILES string of the molecule is CC(C)[O][Pr][O]C(C)C.[Nb]. The van der Waals surface area contributed by atoms with Crippen molar-refractivity contribution in [1.82, 2.24) is 0 Å². The van der Waals surface area contributed by atoms with Gasteiger partial charge in [-0.15, -0.1) is 0 Å². The van der Waals surface area contributed by atoms with Gasteiger partial charge >= 0.3 is 80.2 Å². The van der Waals surface area contributed by atoms with Crippen molar-refractivity contribution >= 4 is 0 Å². The van der Waals surface area contributed by atoms with Crippen LogP contribution in [0, 0.1) is 38.3 Å². The Kier molecular flexibility index (Phi) is 13.3. The summed E-state index contributed by atoms with van der Waals surface area (Å²) in [6.07, 6.45) is 0.720. The molecule has 0 aliphatic heterocycles. The zero-order chi connectivity index (χ0) is 7.28. The Hall–Kier alpha value is 2.02. The van der Waals surface area contributed by atoms with Gasteiger partial charge in [-0.1, -0.05) is 0 Å². The van der Waals surface area contributed by atoms with Gasteiger partial charge in [-0.05, 0) is 0 Å². The summed E-state index contributed by atoms with van der Waals surface area (Å²) in [5, 5.41) is 0. The van der Waals surface area contributed by atoms with Crippen LogP contribution in [-0.2, 0) is 24.4 Å². The number of hydrogen-bond donors (Lipinski definition) is 0. The predicted molar refractivity (Wildman–Crippen MR) is 32.4 cm³/mol. The average molecular weight is 352 g/mol. The van der Waals surface area contributed by atoms with Gasteiger partial charge in [0, 0.05) is 22.4 Å². The molecule has 4 heteroatoms. The molecule has 0 rings (SSSR count). The summed E-state index contributed by atoms with van der Waals surface area (Å²) in [5.41, 5.74) is 0. The van der Waals surface area contributed by atoms with Crippen molar-refractivity contribution in [3.63, 3.8) is 0 Å². The Morgan fingerprint density at radius 2 is 1.20 bits per heavy atom. The van der Waals surface area contributed by atoms with Gasteiger partial charge in [0.05, 0.1) is 0 Å². The van der Waals surface area contributed by atoms with Crippen LogP contribution in [0.1, 0.15) is 27.7 Å². The molecule has 2 nitrogen and oxygen atoms in total. The molecular weight excluding hydrogens is 338 g/mol. The summed E-state index contributed by atoms with van der Waals surface area (Å²) in [7, 11) is 0. The first kappa shape index (κ1) is 14.5. The van der Waals surface area contributed by atoms with Crippen molar-refractivity contribution in [3.8, 4) is 0 Å². The van der Waals surface area contributed by atoms with E-state index in [1.807, 2.05) is 27.7 Å². The third kappa shape index (κ3) is 12.7. The smallest absolute Gasteiger partial charge is 0 e. The van der Waals surface area contributed by atoms with Crippen molar-refractivity contribution < 1.29 is 62.7 Å². The molecule has 0 fully saturated rings. The Morgan fingerprint density at radius 3 is 1.40 bits per heavy atom. The summed E-state index contributed by atoms with van der Waals surface area (Å²) < 4.78 is 10.7. The zero-order valence-corrected chi connectivity index (χ0v) is 12.9. The molecule has 0 spiro atoms. The minimum Gasteiger partial charge on any atom is 0 e. The van der Waals surface area contributed by atoms with Crippen molar-refractivity contribution in [3.05, 3.63) is 0 Å². The van der Waals surface area contributed by atoms with Crippen LogP contribution in [0.2, 0.25) is 0 Å². The Labute approximate surface area is 101 Å². The van der Waals surface area contributed by atoms with E-state index in [1.165, 1.54) is 0 Å². The fraction of sp³-hybridized carbons (Fsp3) is 1.00. The molecule has 0 heterocycles. The molecule has 0 saturated heterocycles. The van der Waals surface area contributed by atoms with Crippen LogP contribution in [0.5, 0.6) is 0 Å². The van der Waals surface area contributed by atoms with Crippen LogP contribution in [0.15, 0.2) is 0 Å². The molecule has 0 amide bonds. The fourth-order valence-corrected chi connectivity index (χ4v) is 1.89. The largest absolute Gasteiger partial charge is 0 e. The number of hydrogen-bond acceptors (Lipinski definition) is 2. The third-order valence-electron chi connectivity index (χ3n) is 0.655. The first-order chi connectivity index (χ1) is 4.13. The second-order valence-electron chi connectivity index (χ2n) is 2.47. The van der Waals surface area contributed by atoms with Crippen LogP contribution >= 0.6 is 0 Å². The quantitative estimate of drug-likeness (QED) is 0.718. The maximum absolute atomic E-state index is 5.34. The van der Waals surface area contributed by atoms with Crippen molar-refractivity contribution in [2.45, 2.75) is 39.9 Å². The van der Waals surface area contributed by atoms with E-state index in [-0.39, 0.29) is 22.4 Å². The van der Waals surface area contributed by atoms with E-state index >= 15 is 0 Å². The molecular formula is C6H14NbO2Pr. The van der Waals surface area contributed by atoms with Gasteiger partial charge in [0.15, 0.2) is 0 Å². The van der Waals surface area contributed by atoms with E-state index in [2.05, 4.69) is 0 Å². The summed E-state index contributed by atoms with van der Waals surface area (Å²) in [4.78, 5) is 0. The van der Waals surface area contributed by atoms with Gasteiger partial charge in [0.1, 0.15) is 0 Å². The fourth-order valence-electron chi connectivity index (χ4n) is 0.254. The molecule has 0 aliphatic carbocycles. The molecule has 0 aliphatic rings. The molecule has 1 radical (unpaired) electrons. The summed E-state index contributed by atoms with van der Waals surface area (Å²) in [6, 6.07) is 0. The molecule has 0 bridgehead atoms. The van der Waals surface area contributed by atoms with Crippen molar-refractivity contribution in [2.75, 3.05) is 0 Å². The van der Waals surface area contributed by atoms with Crippen LogP contribution in [0.3, 0.4) is 0 Å². The van der Waals surface area contributed by atoms with E-state index in [9.17, 15) is 0 Å². The van der Waals surface area contributed by atoms with Gasteiger partial charge in [-0.2, -0.15) is 0 Å². The maximum atomic E-state index is 5.34. The second-order valence-corrected chi connectivity index (χ2v) is 4.83. The third-order valence-corrected chi connectivity index (χ3v) is 4.86. The molecule has 58 valence electrons. The first-order valence-corrected chi connectivity index (χ1v) is 6.28. The molecule has 0 aromatic carbocycles. The van der Waals surface area contributed by atoms with Gasteiger partial charge in [-0.25, -0.2) is 0 Å². The van der Waals surface area contributed by atoms with E-state index < -0.39 is 38.3 Å².